The normalized spacial score (nSPS) is 16.9. The molecule has 47 valence electrons. The van der Waals surface area contributed by atoms with E-state index in [0.717, 1.165) is 0 Å². The number of aliphatic hydroxyl groups is 1. The molecule has 4 nitrogen and oxygen atoms in total. The Balaban J connectivity index is 3.30. The van der Waals surface area contributed by atoms with Crippen molar-refractivity contribution < 1.29 is 19.7 Å². The zero-order valence-electron chi connectivity index (χ0n) is 4.40. The summed E-state index contributed by atoms with van der Waals surface area (Å²) in [5.74, 6) is 0. The Morgan fingerprint density at radius 3 is 2.38 bits per heavy atom. The maximum absolute atomic E-state index is 10.1. The fourth-order valence-corrected chi connectivity index (χ4v) is 0.168. The highest BCUT2D eigenvalue weighted by Crippen LogP contribution is 1.91. The number of carbonyl (C=O) groups excluding carboxylic acids is 1. The Morgan fingerprint density at radius 1 is 1.75 bits per heavy atom. The van der Waals surface area contributed by atoms with Gasteiger partial charge in [0.1, 0.15) is 6.10 Å². The fraction of sp³-hybridized carbons (Fsp3) is 0.750. The second-order valence-electron chi connectivity index (χ2n) is 1.34. The summed E-state index contributed by atoms with van der Waals surface area (Å²) in [4.78, 5) is 9.39. The van der Waals surface area contributed by atoms with Crippen LogP contribution in [0.15, 0.2) is 0 Å². The first-order valence-electron chi connectivity index (χ1n) is 2.11. The van der Waals surface area contributed by atoms with E-state index in [-0.39, 0.29) is 6.47 Å². The Labute approximate surface area is 46.7 Å². The minimum Gasteiger partial charge on any atom is -0.432 e. The molecule has 1 N–H and O–H groups in total. The number of ether oxygens (including phenoxy) is 1. The average Bonchev–Trinajstić information content (AvgIpc) is 1.67. The monoisotopic (exact) mass is 119 g/mol. The van der Waals surface area contributed by atoms with E-state index < -0.39 is 12.4 Å². The van der Waals surface area contributed by atoms with Crippen molar-refractivity contribution in [1.29, 1.82) is 0 Å². The number of hydrogen-bond donors (Lipinski definition) is 1. The van der Waals surface area contributed by atoms with Crippen molar-refractivity contribution in [2.45, 2.75) is 19.3 Å². The van der Waals surface area contributed by atoms with Gasteiger partial charge in [-0.15, -0.1) is 0 Å². The molecule has 0 aromatic carbocycles. The molecule has 2 unspecified atom stereocenters. The lowest BCUT2D eigenvalue weighted by atomic mass is 10.4. The summed E-state index contributed by atoms with van der Waals surface area (Å²) < 4.78 is 3.82. The van der Waals surface area contributed by atoms with Crippen molar-refractivity contribution in [2.75, 3.05) is 0 Å². The van der Waals surface area contributed by atoms with Crippen LogP contribution in [0.2, 0.25) is 0 Å². The van der Waals surface area contributed by atoms with Crippen LogP contribution in [0.5, 0.6) is 0 Å². The van der Waals surface area contributed by atoms with Crippen LogP contribution in [-0.4, -0.2) is 24.0 Å². The molecule has 4 heteroatoms. The number of hydrogen-bond acceptors (Lipinski definition) is 3. The largest absolute Gasteiger partial charge is 0.432 e. The van der Waals surface area contributed by atoms with Crippen LogP contribution < -0.4 is 0 Å². The standard InChI is InChI=1S/C4H7O4/c1-3(6)4(7)8-2-5/h2-4,6H,1H3. The summed E-state index contributed by atoms with van der Waals surface area (Å²) in [5, 5.41) is 18.5. The van der Waals surface area contributed by atoms with Gasteiger partial charge in [0.15, 0.2) is 0 Å². The molecule has 0 bridgehead atoms. The topological polar surface area (TPSA) is 66.4 Å². The molecule has 0 fully saturated rings. The van der Waals surface area contributed by atoms with Crippen molar-refractivity contribution in [2.24, 2.45) is 0 Å². The molecule has 2 atom stereocenters. The molecule has 0 aromatic rings. The first-order valence-corrected chi connectivity index (χ1v) is 2.11. The third-order valence-electron chi connectivity index (χ3n) is 0.584. The van der Waals surface area contributed by atoms with E-state index in [1.165, 1.54) is 6.92 Å². The van der Waals surface area contributed by atoms with Gasteiger partial charge >= 0.3 is 0 Å². The van der Waals surface area contributed by atoms with Crippen LogP contribution in [0, 0.1) is 0 Å². The Morgan fingerprint density at radius 2 is 2.25 bits per heavy atom. The van der Waals surface area contributed by atoms with Gasteiger partial charge in [-0.2, -0.15) is 5.11 Å². The molecule has 1 radical (unpaired) electrons. The van der Waals surface area contributed by atoms with Crippen LogP contribution in [0.4, 0.5) is 0 Å². The van der Waals surface area contributed by atoms with Crippen LogP contribution >= 0.6 is 0 Å². The summed E-state index contributed by atoms with van der Waals surface area (Å²) in [6.45, 7) is 1.27. The van der Waals surface area contributed by atoms with Crippen molar-refractivity contribution in [3.63, 3.8) is 0 Å². The van der Waals surface area contributed by atoms with Crippen molar-refractivity contribution in [3.05, 3.63) is 0 Å². The smallest absolute Gasteiger partial charge is 0.295 e. The highest BCUT2D eigenvalue weighted by molar-refractivity contribution is 5.37. The predicted octanol–water partition coefficient (Wildman–Crippen LogP) is -0.703. The summed E-state index contributed by atoms with van der Waals surface area (Å²) in [5.41, 5.74) is 0. The second kappa shape index (κ2) is 3.40. The molecule has 0 saturated heterocycles. The van der Waals surface area contributed by atoms with E-state index in [2.05, 4.69) is 4.74 Å². The highest BCUT2D eigenvalue weighted by atomic mass is 16.6. The van der Waals surface area contributed by atoms with E-state index in [9.17, 15) is 9.90 Å². The lowest BCUT2D eigenvalue weighted by Crippen LogP contribution is -2.23. The number of aliphatic hydroxyl groups excluding tert-OH is 1. The average molecular weight is 119 g/mol. The summed E-state index contributed by atoms with van der Waals surface area (Å²) in [7, 11) is 0. The predicted molar refractivity (Wildman–Crippen MR) is 23.3 cm³/mol. The molecule has 0 saturated carbocycles. The number of carbonyl (C=O) groups is 1. The van der Waals surface area contributed by atoms with Gasteiger partial charge in [-0.1, -0.05) is 0 Å². The Kier molecular flexibility index (Phi) is 3.14. The summed E-state index contributed by atoms with van der Waals surface area (Å²) >= 11 is 0. The molecule has 0 aliphatic heterocycles. The first-order chi connectivity index (χ1) is 3.68. The first kappa shape index (κ1) is 7.39. The van der Waals surface area contributed by atoms with Gasteiger partial charge in [0, 0.05) is 0 Å². The van der Waals surface area contributed by atoms with E-state index in [4.69, 9.17) is 5.11 Å². The Bertz CT molecular complexity index is 70.4. The Hall–Kier alpha value is -0.610. The van der Waals surface area contributed by atoms with E-state index >= 15 is 0 Å². The number of rotatable bonds is 3. The second-order valence-corrected chi connectivity index (χ2v) is 1.34. The van der Waals surface area contributed by atoms with Crippen LogP contribution in [0.1, 0.15) is 6.92 Å². The van der Waals surface area contributed by atoms with Gasteiger partial charge in [-0.05, 0) is 6.92 Å². The summed E-state index contributed by atoms with van der Waals surface area (Å²) in [6, 6.07) is 0. The zero-order valence-corrected chi connectivity index (χ0v) is 4.40. The van der Waals surface area contributed by atoms with Gasteiger partial charge in [0.25, 0.3) is 12.8 Å². The van der Waals surface area contributed by atoms with Gasteiger partial charge in [-0.25, -0.2) is 0 Å². The van der Waals surface area contributed by atoms with Crippen LogP contribution in [0.25, 0.3) is 0 Å². The molecule has 8 heavy (non-hydrogen) atoms. The fourth-order valence-electron chi connectivity index (χ4n) is 0.168. The maximum atomic E-state index is 10.1. The van der Waals surface area contributed by atoms with Crippen molar-refractivity contribution >= 4 is 6.47 Å². The van der Waals surface area contributed by atoms with Crippen molar-refractivity contribution in [3.8, 4) is 0 Å². The molecule has 0 aliphatic carbocycles. The SMILES string of the molecule is CC(O)C([O])OC=O. The molecule has 0 heterocycles. The molecular weight excluding hydrogens is 112 g/mol. The molecule has 0 spiro atoms. The summed E-state index contributed by atoms with van der Waals surface area (Å²) in [6.07, 6.45) is -2.78. The van der Waals surface area contributed by atoms with Gasteiger partial charge in [0.05, 0.1) is 0 Å². The minimum absolute atomic E-state index is 0.0182. The quantitative estimate of drug-likeness (QED) is 0.394. The van der Waals surface area contributed by atoms with Crippen molar-refractivity contribution in [1.82, 2.24) is 0 Å². The minimum atomic E-state index is -1.65. The maximum Gasteiger partial charge on any atom is 0.295 e. The van der Waals surface area contributed by atoms with Gasteiger partial charge in [0.2, 0.25) is 0 Å². The van der Waals surface area contributed by atoms with Crippen LogP contribution in [0.3, 0.4) is 0 Å². The third kappa shape index (κ3) is 2.54. The molecular formula is C4H7O4. The molecule has 0 amide bonds. The zero-order chi connectivity index (χ0) is 6.57. The van der Waals surface area contributed by atoms with E-state index in [0.29, 0.717) is 0 Å². The molecule has 0 rings (SSSR count). The van der Waals surface area contributed by atoms with Crippen LogP contribution in [-0.2, 0) is 14.6 Å². The third-order valence-corrected chi connectivity index (χ3v) is 0.584. The van der Waals surface area contributed by atoms with Gasteiger partial charge < -0.3 is 9.84 Å². The van der Waals surface area contributed by atoms with Gasteiger partial charge in [-0.3, -0.25) is 4.79 Å². The lowest BCUT2D eigenvalue weighted by Gasteiger charge is -2.06. The lowest BCUT2D eigenvalue weighted by molar-refractivity contribution is -0.188. The molecule has 0 aliphatic rings. The molecule has 0 aromatic heterocycles. The van der Waals surface area contributed by atoms with E-state index in [1.54, 1.807) is 0 Å². The highest BCUT2D eigenvalue weighted by Gasteiger charge is 2.11. The van der Waals surface area contributed by atoms with E-state index in [1.807, 2.05) is 0 Å².